The largest absolute Gasteiger partial charge is 0.352 e. The molecule has 0 aromatic heterocycles. The first-order chi connectivity index (χ1) is 15.0. The lowest BCUT2D eigenvalue weighted by atomic mass is 10.1. The van der Waals surface area contributed by atoms with E-state index in [0.717, 1.165) is 22.4 Å². The monoisotopic (exact) mass is 414 g/mol. The number of amides is 2. The molecule has 0 unspecified atom stereocenters. The van der Waals surface area contributed by atoms with Gasteiger partial charge >= 0.3 is 0 Å². The maximum Gasteiger partial charge on any atom is 0.227 e. The molecule has 0 aliphatic carbocycles. The minimum Gasteiger partial charge on any atom is -0.352 e. The molecule has 1 N–H and O–H groups in total. The van der Waals surface area contributed by atoms with E-state index in [1.54, 1.807) is 0 Å². The Balaban J connectivity index is 1.65. The van der Waals surface area contributed by atoms with Crippen LogP contribution in [-0.4, -0.2) is 11.8 Å². The number of anilines is 1. The van der Waals surface area contributed by atoms with Crippen LogP contribution in [0.25, 0.3) is 0 Å². The fraction of sp³-hybridized carbons (Fsp3) is 0.259. The highest BCUT2D eigenvalue weighted by Gasteiger charge is 2.17. The van der Waals surface area contributed by atoms with Crippen LogP contribution < -0.4 is 10.2 Å². The summed E-state index contributed by atoms with van der Waals surface area (Å²) in [7, 11) is 0. The molecule has 3 aromatic rings. The normalized spacial score (nSPS) is 10.7. The average Bonchev–Trinajstić information content (AvgIpc) is 2.78. The summed E-state index contributed by atoms with van der Waals surface area (Å²) in [6.07, 6.45) is 0.808. The van der Waals surface area contributed by atoms with Gasteiger partial charge < -0.3 is 10.2 Å². The number of nitrogens with zero attached hydrogens (tertiary/aromatic N) is 1. The van der Waals surface area contributed by atoms with Gasteiger partial charge in [0.15, 0.2) is 0 Å². The molecular weight excluding hydrogens is 384 g/mol. The zero-order valence-corrected chi connectivity index (χ0v) is 18.3. The first kappa shape index (κ1) is 22.3. The summed E-state index contributed by atoms with van der Waals surface area (Å²) in [5, 5.41) is 2.95. The topological polar surface area (TPSA) is 49.4 Å². The Labute approximate surface area is 184 Å². The van der Waals surface area contributed by atoms with Crippen LogP contribution in [0.15, 0.2) is 84.9 Å². The number of rotatable bonds is 9. The van der Waals surface area contributed by atoms with E-state index in [2.05, 4.69) is 19.2 Å². The molecule has 0 aliphatic rings. The highest BCUT2D eigenvalue weighted by molar-refractivity contribution is 5.93. The van der Waals surface area contributed by atoms with E-state index in [0.29, 0.717) is 31.8 Å². The van der Waals surface area contributed by atoms with Gasteiger partial charge in [0.2, 0.25) is 11.8 Å². The highest BCUT2D eigenvalue weighted by atomic mass is 16.2. The Morgan fingerprint density at radius 2 is 1.35 bits per heavy atom. The van der Waals surface area contributed by atoms with E-state index in [1.165, 1.54) is 0 Å². The van der Waals surface area contributed by atoms with Gasteiger partial charge in [-0.3, -0.25) is 9.59 Å². The third-order valence-electron chi connectivity index (χ3n) is 5.01. The molecule has 0 atom stereocenters. The number of benzene rings is 3. The standard InChI is InChI=1S/C27H30N2O2/c1-21(2)17-27(31)29(20-24-11-7-4-8-12-24)25-15-13-22(14-16-25)18-26(30)28-19-23-9-5-3-6-10-23/h3-16,21H,17-20H2,1-2H3,(H,28,30). The second kappa shape index (κ2) is 11.1. The quantitative estimate of drug-likeness (QED) is 0.528. The molecule has 0 bridgehead atoms. The average molecular weight is 415 g/mol. The van der Waals surface area contributed by atoms with Crippen LogP contribution >= 0.6 is 0 Å². The van der Waals surface area contributed by atoms with Crippen molar-refractivity contribution < 1.29 is 9.59 Å². The summed E-state index contributed by atoms with van der Waals surface area (Å²) in [6, 6.07) is 27.6. The van der Waals surface area contributed by atoms with Crippen molar-refractivity contribution >= 4 is 17.5 Å². The minimum absolute atomic E-state index is 0.0198. The van der Waals surface area contributed by atoms with Crippen molar-refractivity contribution in [3.8, 4) is 0 Å². The van der Waals surface area contributed by atoms with Crippen LogP contribution in [-0.2, 0) is 29.1 Å². The zero-order chi connectivity index (χ0) is 22.1. The maximum absolute atomic E-state index is 12.9. The van der Waals surface area contributed by atoms with Crippen molar-refractivity contribution in [3.05, 3.63) is 102 Å². The van der Waals surface area contributed by atoms with E-state index in [-0.39, 0.29) is 11.8 Å². The van der Waals surface area contributed by atoms with Crippen LogP contribution in [0.1, 0.15) is 37.0 Å². The molecular formula is C27H30N2O2. The lowest BCUT2D eigenvalue weighted by Crippen LogP contribution is -2.31. The molecule has 3 rings (SSSR count). The summed E-state index contributed by atoms with van der Waals surface area (Å²) in [6.45, 7) is 5.15. The Morgan fingerprint density at radius 1 is 0.774 bits per heavy atom. The molecule has 3 aromatic carbocycles. The summed E-state index contributed by atoms with van der Waals surface area (Å²) < 4.78 is 0. The minimum atomic E-state index is -0.0198. The zero-order valence-electron chi connectivity index (χ0n) is 18.3. The first-order valence-corrected chi connectivity index (χ1v) is 10.7. The lowest BCUT2D eigenvalue weighted by Gasteiger charge is -2.24. The molecule has 0 heterocycles. The number of carbonyl (C=O) groups is 2. The molecule has 160 valence electrons. The summed E-state index contributed by atoms with van der Waals surface area (Å²) >= 11 is 0. The molecule has 0 radical (unpaired) electrons. The number of carbonyl (C=O) groups excluding carboxylic acids is 2. The van der Waals surface area contributed by atoms with Crippen LogP contribution in [0.3, 0.4) is 0 Å². The van der Waals surface area contributed by atoms with Gasteiger partial charge in [-0.25, -0.2) is 0 Å². The van der Waals surface area contributed by atoms with Crippen molar-refractivity contribution in [2.75, 3.05) is 4.90 Å². The molecule has 0 spiro atoms. The van der Waals surface area contributed by atoms with Gasteiger partial charge in [0, 0.05) is 18.7 Å². The fourth-order valence-electron chi connectivity index (χ4n) is 3.39. The number of hydrogen-bond acceptors (Lipinski definition) is 2. The number of hydrogen-bond donors (Lipinski definition) is 1. The number of nitrogens with one attached hydrogen (secondary N) is 1. The summed E-state index contributed by atoms with van der Waals surface area (Å²) in [4.78, 5) is 27.0. The van der Waals surface area contributed by atoms with Crippen molar-refractivity contribution in [2.45, 2.75) is 39.8 Å². The van der Waals surface area contributed by atoms with Crippen molar-refractivity contribution in [3.63, 3.8) is 0 Å². The van der Waals surface area contributed by atoms with E-state index < -0.39 is 0 Å². The van der Waals surface area contributed by atoms with Gasteiger partial charge in [0.1, 0.15) is 0 Å². The highest BCUT2D eigenvalue weighted by Crippen LogP contribution is 2.21. The molecule has 0 saturated carbocycles. The molecule has 31 heavy (non-hydrogen) atoms. The second-order valence-electron chi connectivity index (χ2n) is 8.17. The van der Waals surface area contributed by atoms with Crippen molar-refractivity contribution in [1.82, 2.24) is 5.32 Å². The van der Waals surface area contributed by atoms with Crippen LogP contribution in [0.2, 0.25) is 0 Å². The third-order valence-corrected chi connectivity index (χ3v) is 5.01. The lowest BCUT2D eigenvalue weighted by molar-refractivity contribution is -0.121. The van der Waals surface area contributed by atoms with Crippen molar-refractivity contribution in [2.24, 2.45) is 5.92 Å². The molecule has 4 heteroatoms. The van der Waals surface area contributed by atoms with Crippen LogP contribution in [0.4, 0.5) is 5.69 Å². The first-order valence-electron chi connectivity index (χ1n) is 10.7. The third kappa shape index (κ3) is 7.10. The van der Waals surface area contributed by atoms with Crippen LogP contribution in [0, 0.1) is 5.92 Å². The Bertz CT molecular complexity index is 967. The maximum atomic E-state index is 12.9. The summed E-state index contributed by atoms with van der Waals surface area (Å²) in [5.74, 6) is 0.374. The molecule has 4 nitrogen and oxygen atoms in total. The molecule has 0 saturated heterocycles. The van der Waals surface area contributed by atoms with Gasteiger partial charge in [0.05, 0.1) is 13.0 Å². The van der Waals surface area contributed by atoms with Gasteiger partial charge in [-0.1, -0.05) is 86.6 Å². The van der Waals surface area contributed by atoms with Crippen molar-refractivity contribution in [1.29, 1.82) is 0 Å². The SMILES string of the molecule is CC(C)CC(=O)N(Cc1ccccc1)c1ccc(CC(=O)NCc2ccccc2)cc1. The van der Waals surface area contributed by atoms with E-state index in [4.69, 9.17) is 0 Å². The summed E-state index contributed by atoms with van der Waals surface area (Å²) in [5.41, 5.74) is 3.93. The van der Waals surface area contributed by atoms with Gasteiger partial charge in [-0.2, -0.15) is 0 Å². The molecule has 2 amide bonds. The van der Waals surface area contributed by atoms with Gasteiger partial charge in [-0.05, 0) is 34.7 Å². The smallest absolute Gasteiger partial charge is 0.227 e. The van der Waals surface area contributed by atoms with Gasteiger partial charge in [0.25, 0.3) is 0 Å². The Morgan fingerprint density at radius 3 is 1.94 bits per heavy atom. The predicted octanol–water partition coefficient (Wildman–Crippen LogP) is 5.12. The van der Waals surface area contributed by atoms with E-state index in [1.807, 2.05) is 89.8 Å². The molecule has 0 fully saturated rings. The predicted molar refractivity (Wildman–Crippen MR) is 126 cm³/mol. The van der Waals surface area contributed by atoms with E-state index >= 15 is 0 Å². The fourth-order valence-corrected chi connectivity index (χ4v) is 3.39. The Hall–Kier alpha value is -3.40. The second-order valence-corrected chi connectivity index (χ2v) is 8.17. The molecule has 0 aliphatic heterocycles. The Kier molecular flexibility index (Phi) is 7.99. The van der Waals surface area contributed by atoms with Crippen LogP contribution in [0.5, 0.6) is 0 Å². The van der Waals surface area contributed by atoms with Gasteiger partial charge in [-0.15, -0.1) is 0 Å². The van der Waals surface area contributed by atoms with E-state index in [9.17, 15) is 9.59 Å².